The van der Waals surface area contributed by atoms with Crippen molar-refractivity contribution >= 4 is 0 Å². The Morgan fingerprint density at radius 2 is 2.21 bits per heavy atom. The summed E-state index contributed by atoms with van der Waals surface area (Å²) in [5.74, 6) is 1.82. The third kappa shape index (κ3) is 3.50. The van der Waals surface area contributed by atoms with Gasteiger partial charge >= 0.3 is 0 Å². The fourth-order valence-electron chi connectivity index (χ4n) is 1.68. The van der Waals surface area contributed by atoms with Gasteiger partial charge in [0, 0.05) is 31.9 Å². The zero-order valence-corrected chi connectivity index (χ0v) is 9.40. The molecule has 14 heavy (non-hydrogen) atoms. The lowest BCUT2D eigenvalue weighted by molar-refractivity contribution is 0.468. The van der Waals surface area contributed by atoms with Crippen molar-refractivity contribution in [1.82, 2.24) is 9.55 Å². The summed E-state index contributed by atoms with van der Waals surface area (Å²) in [5, 5.41) is 0. The van der Waals surface area contributed by atoms with Gasteiger partial charge in [-0.25, -0.2) is 4.98 Å². The Kier molecular flexibility index (Phi) is 4.14. The summed E-state index contributed by atoms with van der Waals surface area (Å²) in [6, 6.07) is 0.312. The van der Waals surface area contributed by atoms with Crippen molar-refractivity contribution in [1.29, 1.82) is 0 Å². The lowest BCUT2D eigenvalue weighted by atomic mass is 10.0. The Balaban J connectivity index is 2.30. The van der Waals surface area contributed by atoms with E-state index in [2.05, 4.69) is 23.4 Å². The van der Waals surface area contributed by atoms with E-state index in [0.717, 1.165) is 25.1 Å². The lowest BCUT2D eigenvalue weighted by Crippen LogP contribution is -2.23. The van der Waals surface area contributed by atoms with Crippen LogP contribution in [-0.2, 0) is 13.5 Å². The Morgan fingerprint density at radius 3 is 2.71 bits per heavy atom. The Bertz CT molecular complexity index is 265. The van der Waals surface area contributed by atoms with Crippen LogP contribution >= 0.6 is 0 Å². The van der Waals surface area contributed by atoms with Crippen LogP contribution in [0.1, 0.15) is 32.5 Å². The van der Waals surface area contributed by atoms with Crippen molar-refractivity contribution in [2.75, 3.05) is 0 Å². The van der Waals surface area contributed by atoms with Crippen LogP contribution in [-0.4, -0.2) is 15.6 Å². The summed E-state index contributed by atoms with van der Waals surface area (Å²) >= 11 is 0. The van der Waals surface area contributed by atoms with Gasteiger partial charge in [0.15, 0.2) is 0 Å². The van der Waals surface area contributed by atoms with Crippen molar-refractivity contribution in [2.45, 2.75) is 39.2 Å². The minimum Gasteiger partial charge on any atom is -0.338 e. The predicted octanol–water partition coefficient (Wildman–Crippen LogP) is 1.73. The van der Waals surface area contributed by atoms with Gasteiger partial charge in [0.05, 0.1) is 0 Å². The molecule has 2 N–H and O–H groups in total. The second-order valence-electron chi connectivity index (χ2n) is 4.38. The largest absolute Gasteiger partial charge is 0.338 e. The number of nitrogens with two attached hydrogens (primary N) is 1. The standard InChI is InChI=1S/C11H21N3/c1-9(2)8-10(12)4-5-11-13-6-7-14(11)3/h6-7,9-10H,4-5,8,12H2,1-3H3. The summed E-state index contributed by atoms with van der Waals surface area (Å²) in [6.07, 6.45) is 6.93. The highest BCUT2D eigenvalue weighted by Crippen LogP contribution is 2.08. The molecule has 1 aromatic heterocycles. The third-order valence-electron chi connectivity index (χ3n) is 2.43. The molecule has 0 amide bonds. The van der Waals surface area contributed by atoms with Crippen LogP contribution in [0.15, 0.2) is 12.4 Å². The molecule has 0 fully saturated rings. The van der Waals surface area contributed by atoms with E-state index >= 15 is 0 Å². The van der Waals surface area contributed by atoms with E-state index in [1.54, 1.807) is 0 Å². The molecule has 1 heterocycles. The molecule has 1 atom stereocenters. The van der Waals surface area contributed by atoms with Gasteiger partial charge in [-0.15, -0.1) is 0 Å². The van der Waals surface area contributed by atoms with Gasteiger partial charge in [0.2, 0.25) is 0 Å². The zero-order chi connectivity index (χ0) is 10.6. The summed E-state index contributed by atoms with van der Waals surface area (Å²) < 4.78 is 2.06. The molecular weight excluding hydrogens is 174 g/mol. The number of hydrogen-bond donors (Lipinski definition) is 1. The molecule has 0 saturated carbocycles. The first-order valence-corrected chi connectivity index (χ1v) is 5.31. The first kappa shape index (κ1) is 11.2. The van der Waals surface area contributed by atoms with Gasteiger partial charge in [-0.05, 0) is 18.8 Å². The number of hydrogen-bond acceptors (Lipinski definition) is 2. The lowest BCUT2D eigenvalue weighted by Gasteiger charge is -2.13. The summed E-state index contributed by atoms with van der Waals surface area (Å²) in [7, 11) is 2.02. The molecule has 0 saturated heterocycles. The number of nitrogens with zero attached hydrogens (tertiary/aromatic N) is 2. The zero-order valence-electron chi connectivity index (χ0n) is 9.40. The minimum atomic E-state index is 0.312. The van der Waals surface area contributed by atoms with Gasteiger partial charge in [-0.2, -0.15) is 0 Å². The highest BCUT2D eigenvalue weighted by atomic mass is 15.0. The summed E-state index contributed by atoms with van der Waals surface area (Å²) in [5.41, 5.74) is 6.00. The highest BCUT2D eigenvalue weighted by molar-refractivity contribution is 4.91. The molecule has 0 bridgehead atoms. The SMILES string of the molecule is CC(C)CC(N)CCc1nccn1C. The summed E-state index contributed by atoms with van der Waals surface area (Å²) in [4.78, 5) is 4.27. The maximum Gasteiger partial charge on any atom is 0.108 e. The smallest absolute Gasteiger partial charge is 0.108 e. The van der Waals surface area contributed by atoms with E-state index in [1.807, 2.05) is 19.4 Å². The molecule has 1 aromatic rings. The van der Waals surface area contributed by atoms with Gasteiger partial charge in [-0.1, -0.05) is 13.8 Å². The van der Waals surface area contributed by atoms with Crippen LogP contribution in [0.4, 0.5) is 0 Å². The molecule has 80 valence electrons. The average molecular weight is 195 g/mol. The van der Waals surface area contributed by atoms with E-state index in [-0.39, 0.29) is 0 Å². The number of rotatable bonds is 5. The van der Waals surface area contributed by atoms with E-state index in [0.29, 0.717) is 12.0 Å². The monoisotopic (exact) mass is 195 g/mol. The number of imidazole rings is 1. The van der Waals surface area contributed by atoms with Crippen LogP contribution in [0.3, 0.4) is 0 Å². The van der Waals surface area contributed by atoms with E-state index in [4.69, 9.17) is 5.73 Å². The molecule has 3 nitrogen and oxygen atoms in total. The van der Waals surface area contributed by atoms with Gasteiger partial charge in [0.25, 0.3) is 0 Å². The first-order valence-electron chi connectivity index (χ1n) is 5.31. The van der Waals surface area contributed by atoms with Gasteiger partial charge in [-0.3, -0.25) is 0 Å². The molecule has 0 aliphatic heterocycles. The fraction of sp³-hybridized carbons (Fsp3) is 0.727. The molecule has 1 rings (SSSR count). The maximum absolute atomic E-state index is 6.00. The fourth-order valence-corrected chi connectivity index (χ4v) is 1.68. The molecular formula is C11H21N3. The molecule has 1 unspecified atom stereocenters. The molecule has 3 heteroatoms. The second kappa shape index (κ2) is 5.15. The van der Waals surface area contributed by atoms with Crippen LogP contribution < -0.4 is 5.73 Å². The Labute approximate surface area is 86.3 Å². The molecule has 0 aromatic carbocycles. The Morgan fingerprint density at radius 1 is 1.50 bits per heavy atom. The van der Waals surface area contributed by atoms with E-state index in [1.165, 1.54) is 0 Å². The van der Waals surface area contributed by atoms with Crippen LogP contribution in [0.25, 0.3) is 0 Å². The van der Waals surface area contributed by atoms with Gasteiger partial charge in [0.1, 0.15) is 5.82 Å². The van der Waals surface area contributed by atoms with Crippen molar-refractivity contribution in [3.05, 3.63) is 18.2 Å². The normalized spacial score (nSPS) is 13.5. The molecule has 0 aliphatic carbocycles. The second-order valence-corrected chi connectivity index (χ2v) is 4.38. The van der Waals surface area contributed by atoms with Crippen LogP contribution in [0.5, 0.6) is 0 Å². The molecule has 0 radical (unpaired) electrons. The first-order chi connectivity index (χ1) is 6.59. The van der Waals surface area contributed by atoms with Crippen LogP contribution in [0, 0.1) is 5.92 Å². The average Bonchev–Trinajstić information content (AvgIpc) is 2.46. The number of aromatic nitrogens is 2. The number of aryl methyl sites for hydroxylation is 2. The molecule has 0 spiro atoms. The van der Waals surface area contributed by atoms with Crippen molar-refractivity contribution in [3.8, 4) is 0 Å². The quantitative estimate of drug-likeness (QED) is 0.777. The topological polar surface area (TPSA) is 43.8 Å². The van der Waals surface area contributed by atoms with Crippen molar-refractivity contribution in [2.24, 2.45) is 18.7 Å². The van der Waals surface area contributed by atoms with Crippen molar-refractivity contribution < 1.29 is 0 Å². The third-order valence-corrected chi connectivity index (χ3v) is 2.43. The highest BCUT2D eigenvalue weighted by Gasteiger charge is 2.07. The van der Waals surface area contributed by atoms with E-state index in [9.17, 15) is 0 Å². The maximum atomic E-state index is 6.00. The van der Waals surface area contributed by atoms with E-state index < -0.39 is 0 Å². The van der Waals surface area contributed by atoms with Crippen molar-refractivity contribution in [3.63, 3.8) is 0 Å². The predicted molar refractivity (Wildman–Crippen MR) is 59.0 cm³/mol. The minimum absolute atomic E-state index is 0.312. The summed E-state index contributed by atoms with van der Waals surface area (Å²) in [6.45, 7) is 4.42. The Hall–Kier alpha value is -0.830. The molecule has 0 aliphatic rings. The van der Waals surface area contributed by atoms with Crippen LogP contribution in [0.2, 0.25) is 0 Å². The van der Waals surface area contributed by atoms with Gasteiger partial charge < -0.3 is 10.3 Å².